The number of carbonyl (C=O) groups is 1. The summed E-state index contributed by atoms with van der Waals surface area (Å²) in [4.78, 5) is 15.0. The van der Waals surface area contributed by atoms with Gasteiger partial charge in [-0.15, -0.1) is 0 Å². The summed E-state index contributed by atoms with van der Waals surface area (Å²) >= 11 is 0. The normalized spacial score (nSPS) is 23.7. The number of halogens is 2. The molecule has 1 amide bonds. The number of hydrogen-bond acceptors (Lipinski definition) is 3. The molecule has 3 aromatic carbocycles. The van der Waals surface area contributed by atoms with Gasteiger partial charge in [-0.25, -0.2) is 8.78 Å². The Hall–Kier alpha value is -3.09. The van der Waals surface area contributed by atoms with Crippen LogP contribution in [0.15, 0.2) is 78.9 Å². The van der Waals surface area contributed by atoms with Crippen molar-refractivity contribution in [2.75, 3.05) is 11.9 Å². The molecule has 2 N–H and O–H groups in total. The molecule has 0 radical (unpaired) electrons. The second-order valence-corrected chi connectivity index (χ2v) is 10.4. The Morgan fingerprint density at radius 2 is 1.42 bits per heavy atom. The molecule has 2 atom stereocenters. The molecule has 3 aromatic rings. The first kappa shape index (κ1) is 24.6. The summed E-state index contributed by atoms with van der Waals surface area (Å²) in [6.07, 6.45) is 4.64. The maximum Gasteiger partial charge on any atom is 0.225 e. The van der Waals surface area contributed by atoms with Crippen molar-refractivity contribution in [3.63, 3.8) is 0 Å². The first-order valence-electron chi connectivity index (χ1n) is 12.8. The highest BCUT2D eigenvalue weighted by molar-refractivity contribution is 5.90. The van der Waals surface area contributed by atoms with Gasteiger partial charge < -0.3 is 10.6 Å². The quantitative estimate of drug-likeness (QED) is 0.404. The molecule has 2 fully saturated rings. The van der Waals surface area contributed by atoms with Gasteiger partial charge in [-0.3, -0.25) is 9.69 Å². The molecule has 2 bridgehead atoms. The number of para-hydroxylation sites is 1. The van der Waals surface area contributed by atoms with Crippen LogP contribution < -0.4 is 10.6 Å². The van der Waals surface area contributed by atoms with Crippen molar-refractivity contribution in [2.45, 2.75) is 62.7 Å². The van der Waals surface area contributed by atoms with Crippen molar-refractivity contribution in [2.24, 2.45) is 0 Å². The molecule has 2 aliphatic heterocycles. The predicted molar refractivity (Wildman–Crippen MR) is 139 cm³/mol. The highest BCUT2D eigenvalue weighted by atomic mass is 19.1. The van der Waals surface area contributed by atoms with Crippen molar-refractivity contribution < 1.29 is 13.6 Å². The van der Waals surface area contributed by atoms with Gasteiger partial charge in [0.1, 0.15) is 11.6 Å². The van der Waals surface area contributed by atoms with E-state index < -0.39 is 0 Å². The lowest BCUT2D eigenvalue weighted by molar-refractivity contribution is -0.116. The molecule has 0 aromatic heterocycles. The van der Waals surface area contributed by atoms with Crippen LogP contribution in [0.25, 0.3) is 0 Å². The Balaban J connectivity index is 1.26. The van der Waals surface area contributed by atoms with E-state index in [1.54, 1.807) is 24.3 Å². The van der Waals surface area contributed by atoms with Crippen molar-refractivity contribution in [1.82, 2.24) is 10.2 Å². The van der Waals surface area contributed by atoms with E-state index in [1.165, 1.54) is 24.3 Å². The SMILES string of the molecule is CC1(NC(c2ccc(F)cc2)c2ccc(F)cc2)CC2CCC(C1)N2CCC(=O)Nc1ccccc1. The van der Waals surface area contributed by atoms with E-state index in [4.69, 9.17) is 0 Å². The second-order valence-electron chi connectivity index (χ2n) is 10.4. The fourth-order valence-electron chi connectivity index (χ4n) is 6.05. The van der Waals surface area contributed by atoms with Crippen molar-refractivity contribution >= 4 is 11.6 Å². The lowest BCUT2D eigenvalue weighted by atomic mass is 9.82. The molecule has 0 spiro atoms. The molecular formula is C30H33F2N3O. The Labute approximate surface area is 211 Å². The minimum Gasteiger partial charge on any atom is -0.326 e. The number of fused-ring (bicyclic) bond motifs is 2. The number of piperidine rings is 1. The maximum absolute atomic E-state index is 13.6. The van der Waals surface area contributed by atoms with E-state index in [0.29, 0.717) is 18.5 Å². The standard InChI is InChI=1S/C30H33F2N3O/c1-30(34-29(21-7-11-23(31)12-8-21)22-9-13-24(32)14-10-22)19-26-15-16-27(20-30)35(26)18-17-28(36)33-25-5-3-2-4-6-25/h2-14,26-27,29,34H,15-20H2,1H3,(H,33,36). The average Bonchev–Trinajstić information content (AvgIpc) is 3.13. The van der Waals surface area contributed by atoms with Gasteiger partial charge in [0, 0.05) is 36.3 Å². The molecule has 5 rings (SSSR count). The predicted octanol–water partition coefficient (Wildman–Crippen LogP) is 6.06. The molecule has 2 unspecified atom stereocenters. The largest absolute Gasteiger partial charge is 0.326 e. The number of nitrogens with zero attached hydrogens (tertiary/aromatic N) is 1. The van der Waals surface area contributed by atoms with Gasteiger partial charge in [-0.1, -0.05) is 42.5 Å². The Bertz CT molecular complexity index is 1110. The lowest BCUT2D eigenvalue weighted by Crippen LogP contribution is -2.57. The average molecular weight is 490 g/mol. The van der Waals surface area contributed by atoms with Crippen LogP contribution in [0.2, 0.25) is 0 Å². The molecule has 2 heterocycles. The van der Waals surface area contributed by atoms with Gasteiger partial charge in [-0.05, 0) is 80.1 Å². The lowest BCUT2D eigenvalue weighted by Gasteiger charge is -2.47. The number of rotatable bonds is 8. The third kappa shape index (κ3) is 5.66. The monoisotopic (exact) mass is 489 g/mol. The van der Waals surface area contributed by atoms with E-state index in [2.05, 4.69) is 22.5 Å². The third-order valence-electron chi connectivity index (χ3n) is 7.70. The van der Waals surface area contributed by atoms with E-state index in [0.717, 1.165) is 49.0 Å². The van der Waals surface area contributed by atoms with E-state index >= 15 is 0 Å². The smallest absolute Gasteiger partial charge is 0.225 e. The number of nitrogens with one attached hydrogen (secondary N) is 2. The Morgan fingerprint density at radius 1 is 0.889 bits per heavy atom. The first-order valence-corrected chi connectivity index (χ1v) is 12.8. The number of anilines is 1. The zero-order valence-corrected chi connectivity index (χ0v) is 20.6. The molecule has 36 heavy (non-hydrogen) atoms. The fraction of sp³-hybridized carbons (Fsp3) is 0.367. The summed E-state index contributed by atoms with van der Waals surface area (Å²) in [5, 5.41) is 6.86. The summed E-state index contributed by atoms with van der Waals surface area (Å²) in [7, 11) is 0. The number of amides is 1. The van der Waals surface area contributed by atoms with Crippen LogP contribution in [0.4, 0.5) is 14.5 Å². The molecule has 6 heteroatoms. The second kappa shape index (κ2) is 10.5. The number of benzene rings is 3. The summed E-state index contributed by atoms with van der Waals surface area (Å²) < 4.78 is 27.3. The molecule has 2 aliphatic rings. The summed E-state index contributed by atoms with van der Waals surface area (Å²) in [5.74, 6) is -0.504. The zero-order valence-electron chi connectivity index (χ0n) is 20.6. The molecule has 2 saturated heterocycles. The molecule has 0 saturated carbocycles. The zero-order chi connectivity index (χ0) is 25.1. The van der Waals surface area contributed by atoms with Crippen LogP contribution in [0.1, 0.15) is 56.2 Å². The van der Waals surface area contributed by atoms with Crippen LogP contribution in [-0.2, 0) is 4.79 Å². The van der Waals surface area contributed by atoms with Crippen LogP contribution in [0.3, 0.4) is 0 Å². The highest BCUT2D eigenvalue weighted by Gasteiger charge is 2.46. The highest BCUT2D eigenvalue weighted by Crippen LogP contribution is 2.42. The van der Waals surface area contributed by atoms with Crippen LogP contribution in [0, 0.1) is 11.6 Å². The van der Waals surface area contributed by atoms with E-state index in [1.807, 2.05) is 30.3 Å². The van der Waals surface area contributed by atoms with Crippen LogP contribution in [-0.4, -0.2) is 35.0 Å². The number of hydrogen-bond donors (Lipinski definition) is 2. The molecular weight excluding hydrogens is 456 g/mol. The van der Waals surface area contributed by atoms with E-state index in [-0.39, 0.29) is 29.1 Å². The van der Waals surface area contributed by atoms with Crippen molar-refractivity contribution in [3.05, 3.63) is 102 Å². The van der Waals surface area contributed by atoms with Crippen molar-refractivity contribution in [3.8, 4) is 0 Å². The topological polar surface area (TPSA) is 44.4 Å². The molecule has 0 aliphatic carbocycles. The Kier molecular flexibility index (Phi) is 7.17. The molecule has 188 valence electrons. The van der Waals surface area contributed by atoms with Gasteiger partial charge in [0.2, 0.25) is 5.91 Å². The minimum absolute atomic E-state index is 0.0414. The van der Waals surface area contributed by atoms with Gasteiger partial charge in [0.15, 0.2) is 0 Å². The van der Waals surface area contributed by atoms with Gasteiger partial charge in [0.25, 0.3) is 0 Å². The van der Waals surface area contributed by atoms with Gasteiger partial charge >= 0.3 is 0 Å². The van der Waals surface area contributed by atoms with Crippen LogP contribution in [0.5, 0.6) is 0 Å². The fourth-order valence-corrected chi connectivity index (χ4v) is 6.05. The molecule has 4 nitrogen and oxygen atoms in total. The summed E-state index contributed by atoms with van der Waals surface area (Å²) in [6, 6.07) is 23.3. The van der Waals surface area contributed by atoms with Gasteiger partial charge in [-0.2, -0.15) is 0 Å². The van der Waals surface area contributed by atoms with E-state index in [9.17, 15) is 13.6 Å². The van der Waals surface area contributed by atoms with Gasteiger partial charge in [0.05, 0.1) is 6.04 Å². The van der Waals surface area contributed by atoms with Crippen LogP contribution >= 0.6 is 0 Å². The summed E-state index contributed by atoms with van der Waals surface area (Å²) in [5.41, 5.74) is 2.60. The maximum atomic E-state index is 13.6. The third-order valence-corrected chi connectivity index (χ3v) is 7.70. The minimum atomic E-state index is -0.273. The van der Waals surface area contributed by atoms with Crippen molar-refractivity contribution in [1.29, 1.82) is 0 Å². The summed E-state index contributed by atoms with van der Waals surface area (Å²) in [6.45, 7) is 3.02. The number of carbonyl (C=O) groups excluding carboxylic acids is 1. The first-order chi connectivity index (χ1) is 17.4. The Morgan fingerprint density at radius 3 is 1.94 bits per heavy atom.